The lowest BCUT2D eigenvalue weighted by molar-refractivity contribution is 0.112. The summed E-state index contributed by atoms with van der Waals surface area (Å²) >= 11 is 0. The summed E-state index contributed by atoms with van der Waals surface area (Å²) in [5.74, 6) is 1.40. The largest absolute Gasteiger partial charge is 0.495 e. The van der Waals surface area contributed by atoms with Crippen molar-refractivity contribution in [1.29, 1.82) is 0 Å². The third-order valence-corrected chi connectivity index (χ3v) is 2.92. The molecule has 3 heterocycles. The molecule has 0 saturated heterocycles. The third-order valence-electron chi connectivity index (χ3n) is 2.92. The number of nitrogens with zero attached hydrogens (tertiary/aromatic N) is 3. The number of imidazole rings is 1. The number of methoxy groups -OCH3 is 1. The molecule has 0 aliphatic heterocycles. The van der Waals surface area contributed by atoms with Gasteiger partial charge in [0, 0.05) is 18.0 Å². The molecule has 0 radical (unpaired) electrons. The van der Waals surface area contributed by atoms with Crippen molar-refractivity contribution in [3.8, 4) is 17.1 Å². The molecule has 0 atom stereocenters. The summed E-state index contributed by atoms with van der Waals surface area (Å²) in [6.45, 7) is 0. The van der Waals surface area contributed by atoms with Crippen molar-refractivity contribution in [3.63, 3.8) is 0 Å². The number of aromatic nitrogens is 3. The highest BCUT2D eigenvalue weighted by molar-refractivity contribution is 5.86. The van der Waals surface area contributed by atoms with Crippen molar-refractivity contribution in [3.05, 3.63) is 48.5 Å². The lowest BCUT2D eigenvalue weighted by Crippen LogP contribution is -1.91. The Hall–Kier alpha value is -2.69. The van der Waals surface area contributed by atoms with E-state index in [9.17, 15) is 4.79 Å². The Kier molecular flexibility index (Phi) is 2.72. The molecule has 3 aromatic rings. The summed E-state index contributed by atoms with van der Waals surface area (Å²) in [4.78, 5) is 19.4. The third kappa shape index (κ3) is 1.85. The van der Waals surface area contributed by atoms with Crippen LogP contribution in [0.4, 0.5) is 0 Å². The second kappa shape index (κ2) is 4.53. The number of carbonyl (C=O) groups is 1. The van der Waals surface area contributed by atoms with Crippen molar-refractivity contribution < 1.29 is 9.53 Å². The van der Waals surface area contributed by atoms with Crippen molar-refractivity contribution in [2.24, 2.45) is 0 Å². The SMILES string of the molecule is COc1ccc2c(C=O)nc(-c3ccncc3)n2c1. The minimum Gasteiger partial charge on any atom is -0.495 e. The van der Waals surface area contributed by atoms with Crippen LogP contribution in [0.15, 0.2) is 42.9 Å². The van der Waals surface area contributed by atoms with Crippen LogP contribution in [-0.4, -0.2) is 27.8 Å². The van der Waals surface area contributed by atoms with Gasteiger partial charge < -0.3 is 4.74 Å². The quantitative estimate of drug-likeness (QED) is 0.671. The highest BCUT2D eigenvalue weighted by Gasteiger charge is 2.12. The van der Waals surface area contributed by atoms with Crippen molar-refractivity contribution in [2.75, 3.05) is 7.11 Å². The minimum absolute atomic E-state index is 0.412. The monoisotopic (exact) mass is 253 g/mol. The zero-order chi connectivity index (χ0) is 13.2. The maximum atomic E-state index is 11.1. The van der Waals surface area contributed by atoms with Gasteiger partial charge in [-0.05, 0) is 24.3 Å². The number of pyridine rings is 2. The molecule has 0 aliphatic carbocycles. The molecule has 0 N–H and O–H groups in total. The van der Waals surface area contributed by atoms with E-state index in [0.717, 1.165) is 17.4 Å². The second-order valence-corrected chi connectivity index (χ2v) is 4.00. The standard InChI is InChI=1S/C14H11N3O2/c1-19-11-2-3-13-12(9-18)16-14(17(13)8-11)10-4-6-15-7-5-10/h2-9H,1H3. The molecular weight excluding hydrogens is 242 g/mol. The summed E-state index contributed by atoms with van der Waals surface area (Å²) in [6.07, 6.45) is 5.95. The number of carbonyl (C=O) groups excluding carboxylic acids is 1. The van der Waals surface area contributed by atoms with Crippen molar-refractivity contribution in [2.45, 2.75) is 0 Å². The lowest BCUT2D eigenvalue weighted by Gasteiger charge is -2.03. The number of fused-ring (bicyclic) bond motifs is 1. The maximum Gasteiger partial charge on any atom is 0.170 e. The van der Waals surface area contributed by atoms with E-state index in [1.54, 1.807) is 25.6 Å². The molecule has 19 heavy (non-hydrogen) atoms. The van der Waals surface area contributed by atoms with Crippen LogP contribution in [0.5, 0.6) is 5.75 Å². The molecule has 5 nitrogen and oxygen atoms in total. The molecular formula is C14H11N3O2. The first-order valence-corrected chi connectivity index (χ1v) is 5.75. The van der Waals surface area contributed by atoms with Gasteiger partial charge in [-0.2, -0.15) is 0 Å². The van der Waals surface area contributed by atoms with E-state index in [2.05, 4.69) is 9.97 Å². The van der Waals surface area contributed by atoms with Crippen molar-refractivity contribution in [1.82, 2.24) is 14.4 Å². The first kappa shape index (κ1) is 11.4. The number of ether oxygens (including phenoxy) is 1. The molecule has 0 unspecified atom stereocenters. The van der Waals surface area contributed by atoms with Crippen LogP contribution in [0.2, 0.25) is 0 Å². The van der Waals surface area contributed by atoms with Gasteiger partial charge in [0.2, 0.25) is 0 Å². The van der Waals surface area contributed by atoms with Crippen LogP contribution in [0.25, 0.3) is 16.9 Å². The van der Waals surface area contributed by atoms with Crippen LogP contribution in [0.1, 0.15) is 10.5 Å². The van der Waals surface area contributed by atoms with E-state index < -0.39 is 0 Å². The van der Waals surface area contributed by atoms with Crippen LogP contribution >= 0.6 is 0 Å². The van der Waals surface area contributed by atoms with E-state index in [1.165, 1.54) is 0 Å². The molecule has 0 spiro atoms. The summed E-state index contributed by atoms with van der Waals surface area (Å²) in [7, 11) is 1.60. The molecule has 0 aliphatic rings. The Balaban J connectivity index is 2.32. The Morgan fingerprint density at radius 2 is 2.00 bits per heavy atom. The summed E-state index contributed by atoms with van der Waals surface area (Å²) in [5.41, 5.74) is 2.06. The van der Waals surface area contributed by atoms with E-state index >= 15 is 0 Å². The van der Waals surface area contributed by atoms with Crippen LogP contribution in [-0.2, 0) is 0 Å². The Bertz CT molecular complexity index is 735. The zero-order valence-corrected chi connectivity index (χ0v) is 10.3. The fourth-order valence-electron chi connectivity index (χ4n) is 2.00. The summed E-state index contributed by atoms with van der Waals surface area (Å²) in [5, 5.41) is 0. The van der Waals surface area contributed by atoms with Gasteiger partial charge in [0.05, 0.1) is 18.8 Å². The fourth-order valence-corrected chi connectivity index (χ4v) is 2.00. The predicted octanol–water partition coefficient (Wildman–Crippen LogP) is 2.22. The van der Waals surface area contributed by atoms with Gasteiger partial charge >= 0.3 is 0 Å². The van der Waals surface area contributed by atoms with E-state index in [0.29, 0.717) is 17.3 Å². The normalized spacial score (nSPS) is 10.6. The summed E-state index contributed by atoms with van der Waals surface area (Å²) < 4.78 is 7.05. The highest BCUT2D eigenvalue weighted by Crippen LogP contribution is 2.24. The number of aldehydes is 1. The molecule has 0 bridgehead atoms. The molecule has 3 aromatic heterocycles. The van der Waals surface area contributed by atoms with E-state index in [4.69, 9.17) is 4.74 Å². The van der Waals surface area contributed by atoms with Crippen molar-refractivity contribution >= 4 is 11.8 Å². The number of hydrogen-bond acceptors (Lipinski definition) is 4. The molecule has 0 fully saturated rings. The second-order valence-electron chi connectivity index (χ2n) is 4.00. The average molecular weight is 253 g/mol. The molecule has 0 aromatic carbocycles. The van der Waals surface area contributed by atoms with Gasteiger partial charge in [0.25, 0.3) is 0 Å². The smallest absolute Gasteiger partial charge is 0.170 e. The van der Waals surface area contributed by atoms with Crippen LogP contribution in [0, 0.1) is 0 Å². The number of rotatable bonds is 3. The van der Waals surface area contributed by atoms with E-state index in [1.807, 2.05) is 28.8 Å². The van der Waals surface area contributed by atoms with Gasteiger partial charge in [-0.1, -0.05) is 0 Å². The fraction of sp³-hybridized carbons (Fsp3) is 0.0714. The average Bonchev–Trinajstić information content (AvgIpc) is 2.86. The zero-order valence-electron chi connectivity index (χ0n) is 10.3. The first-order valence-electron chi connectivity index (χ1n) is 5.75. The Labute approximate surface area is 109 Å². The Morgan fingerprint density at radius 1 is 1.21 bits per heavy atom. The van der Waals surface area contributed by atoms with Gasteiger partial charge in [0.15, 0.2) is 6.29 Å². The highest BCUT2D eigenvalue weighted by atomic mass is 16.5. The summed E-state index contributed by atoms with van der Waals surface area (Å²) in [6, 6.07) is 7.33. The molecule has 0 amide bonds. The van der Waals surface area contributed by atoms with Gasteiger partial charge in [-0.3, -0.25) is 14.2 Å². The van der Waals surface area contributed by atoms with Crippen LogP contribution in [0.3, 0.4) is 0 Å². The molecule has 5 heteroatoms. The van der Waals surface area contributed by atoms with Gasteiger partial charge in [0.1, 0.15) is 17.3 Å². The first-order chi connectivity index (χ1) is 9.33. The number of hydrogen-bond donors (Lipinski definition) is 0. The molecule has 0 saturated carbocycles. The molecule has 94 valence electrons. The van der Waals surface area contributed by atoms with E-state index in [-0.39, 0.29) is 0 Å². The maximum absolute atomic E-state index is 11.1. The van der Waals surface area contributed by atoms with Crippen LogP contribution < -0.4 is 4.74 Å². The lowest BCUT2D eigenvalue weighted by atomic mass is 10.2. The predicted molar refractivity (Wildman–Crippen MR) is 70.4 cm³/mol. The minimum atomic E-state index is 0.412. The van der Waals surface area contributed by atoms with Gasteiger partial charge in [-0.25, -0.2) is 4.98 Å². The van der Waals surface area contributed by atoms with Gasteiger partial charge in [-0.15, -0.1) is 0 Å². The molecule has 3 rings (SSSR count). The Morgan fingerprint density at radius 3 is 2.68 bits per heavy atom. The topological polar surface area (TPSA) is 56.5 Å².